The van der Waals surface area contributed by atoms with E-state index in [1.54, 1.807) is 0 Å². The summed E-state index contributed by atoms with van der Waals surface area (Å²) in [7, 11) is 0. The monoisotopic (exact) mass is 251 g/mol. The van der Waals surface area contributed by atoms with Gasteiger partial charge in [-0.05, 0) is 19.9 Å². The molecule has 0 aliphatic carbocycles. The van der Waals surface area contributed by atoms with Crippen molar-refractivity contribution in [3.63, 3.8) is 0 Å². The maximum absolute atomic E-state index is 5.80. The SMILES string of the molecule is CCCCN(CCCl)C[C@@H]1CS[C@H](C)O1. The molecule has 0 radical (unpaired) electrons. The first-order valence-electron chi connectivity index (χ1n) is 5.81. The molecular weight excluding hydrogens is 230 g/mol. The molecule has 2 atom stereocenters. The summed E-state index contributed by atoms with van der Waals surface area (Å²) in [5.41, 5.74) is 0.374. The molecule has 1 fully saturated rings. The van der Waals surface area contributed by atoms with Crippen LogP contribution in [-0.4, -0.2) is 47.7 Å². The predicted octanol–water partition coefficient (Wildman–Crippen LogP) is 2.81. The Bertz CT molecular complexity index is 171. The molecule has 1 heterocycles. The summed E-state index contributed by atoms with van der Waals surface area (Å²) in [4.78, 5) is 2.43. The van der Waals surface area contributed by atoms with Crippen molar-refractivity contribution in [2.45, 2.75) is 38.2 Å². The predicted molar refractivity (Wildman–Crippen MR) is 68.9 cm³/mol. The molecule has 4 heteroatoms. The molecule has 90 valence electrons. The molecule has 1 aliphatic heterocycles. The molecule has 1 aliphatic rings. The smallest absolute Gasteiger partial charge is 0.100 e. The maximum atomic E-state index is 5.80. The van der Waals surface area contributed by atoms with E-state index < -0.39 is 0 Å². The van der Waals surface area contributed by atoms with Crippen molar-refractivity contribution in [2.75, 3.05) is 31.3 Å². The van der Waals surface area contributed by atoms with Gasteiger partial charge in [0.15, 0.2) is 0 Å². The van der Waals surface area contributed by atoms with Crippen LogP contribution in [0, 0.1) is 0 Å². The summed E-state index contributed by atoms with van der Waals surface area (Å²) in [6.45, 7) is 7.54. The normalized spacial score (nSPS) is 26.4. The second-order valence-corrected chi connectivity index (χ2v) is 5.71. The largest absolute Gasteiger partial charge is 0.362 e. The van der Waals surface area contributed by atoms with Crippen LogP contribution in [0.1, 0.15) is 26.7 Å². The van der Waals surface area contributed by atoms with Gasteiger partial charge in [0.05, 0.1) is 6.10 Å². The average Bonchev–Trinajstić information content (AvgIpc) is 2.61. The molecule has 0 N–H and O–H groups in total. The Morgan fingerprint density at radius 3 is 2.80 bits per heavy atom. The molecule has 0 spiro atoms. The maximum Gasteiger partial charge on any atom is 0.100 e. The molecule has 0 bridgehead atoms. The highest BCUT2D eigenvalue weighted by Gasteiger charge is 2.23. The zero-order valence-corrected chi connectivity index (χ0v) is 11.3. The van der Waals surface area contributed by atoms with Gasteiger partial charge in [0.1, 0.15) is 5.44 Å². The fraction of sp³-hybridized carbons (Fsp3) is 1.00. The van der Waals surface area contributed by atoms with Crippen LogP contribution in [0.2, 0.25) is 0 Å². The van der Waals surface area contributed by atoms with Gasteiger partial charge in [0, 0.05) is 24.7 Å². The summed E-state index contributed by atoms with van der Waals surface area (Å²) in [6.07, 6.45) is 2.91. The van der Waals surface area contributed by atoms with Gasteiger partial charge in [0.2, 0.25) is 0 Å². The van der Waals surface area contributed by atoms with Crippen LogP contribution in [-0.2, 0) is 4.74 Å². The lowest BCUT2D eigenvalue weighted by Gasteiger charge is -2.24. The molecule has 0 amide bonds. The Morgan fingerprint density at radius 1 is 1.47 bits per heavy atom. The minimum absolute atomic E-state index is 0.374. The van der Waals surface area contributed by atoms with E-state index in [1.165, 1.54) is 12.8 Å². The number of thioether (sulfide) groups is 1. The van der Waals surface area contributed by atoms with Gasteiger partial charge >= 0.3 is 0 Å². The van der Waals surface area contributed by atoms with E-state index in [9.17, 15) is 0 Å². The number of halogens is 1. The van der Waals surface area contributed by atoms with Crippen molar-refractivity contribution < 1.29 is 4.74 Å². The van der Waals surface area contributed by atoms with Crippen molar-refractivity contribution in [2.24, 2.45) is 0 Å². The Morgan fingerprint density at radius 2 is 2.27 bits per heavy atom. The van der Waals surface area contributed by atoms with Gasteiger partial charge in [-0.2, -0.15) is 0 Å². The van der Waals surface area contributed by atoms with Crippen LogP contribution in [0.5, 0.6) is 0 Å². The highest BCUT2D eigenvalue weighted by Crippen LogP contribution is 2.24. The van der Waals surface area contributed by atoms with Gasteiger partial charge < -0.3 is 4.74 Å². The molecule has 0 unspecified atom stereocenters. The highest BCUT2D eigenvalue weighted by atomic mass is 35.5. The fourth-order valence-electron chi connectivity index (χ4n) is 1.77. The quantitative estimate of drug-likeness (QED) is 0.646. The molecule has 1 saturated heterocycles. The minimum Gasteiger partial charge on any atom is -0.362 e. The summed E-state index contributed by atoms with van der Waals surface area (Å²) < 4.78 is 5.80. The van der Waals surface area contributed by atoms with Crippen LogP contribution in [0.3, 0.4) is 0 Å². The van der Waals surface area contributed by atoms with Crippen molar-refractivity contribution >= 4 is 23.4 Å². The molecule has 0 aromatic rings. The number of rotatable bonds is 7. The zero-order valence-electron chi connectivity index (χ0n) is 9.75. The van der Waals surface area contributed by atoms with E-state index in [4.69, 9.17) is 16.3 Å². The van der Waals surface area contributed by atoms with E-state index in [-0.39, 0.29) is 0 Å². The molecule has 0 saturated carbocycles. The van der Waals surface area contributed by atoms with Crippen molar-refractivity contribution in [3.8, 4) is 0 Å². The molecule has 1 rings (SSSR count). The number of hydrogen-bond acceptors (Lipinski definition) is 3. The second-order valence-electron chi connectivity index (χ2n) is 4.00. The number of nitrogens with zero attached hydrogens (tertiary/aromatic N) is 1. The summed E-state index contributed by atoms with van der Waals surface area (Å²) >= 11 is 7.71. The molecule has 0 aromatic heterocycles. The van der Waals surface area contributed by atoms with Crippen LogP contribution in [0.15, 0.2) is 0 Å². The molecular formula is C11H22ClNOS. The molecule has 2 nitrogen and oxygen atoms in total. The van der Waals surface area contributed by atoms with E-state index in [0.29, 0.717) is 11.5 Å². The highest BCUT2D eigenvalue weighted by molar-refractivity contribution is 7.99. The van der Waals surface area contributed by atoms with Gasteiger partial charge in [-0.15, -0.1) is 23.4 Å². The Kier molecular flexibility index (Phi) is 7.06. The number of hydrogen-bond donors (Lipinski definition) is 0. The van der Waals surface area contributed by atoms with Crippen LogP contribution in [0.25, 0.3) is 0 Å². The first kappa shape index (κ1) is 13.6. The lowest BCUT2D eigenvalue weighted by Crippen LogP contribution is -2.35. The van der Waals surface area contributed by atoms with Gasteiger partial charge in [0.25, 0.3) is 0 Å². The third-order valence-electron chi connectivity index (χ3n) is 2.59. The Labute approximate surface area is 103 Å². The van der Waals surface area contributed by atoms with Crippen LogP contribution in [0.4, 0.5) is 0 Å². The lowest BCUT2D eigenvalue weighted by atomic mass is 10.3. The standard InChI is InChI=1S/C11H22ClNOS/c1-3-4-6-13(7-5-12)8-11-9-15-10(2)14-11/h10-11H,3-9H2,1-2H3/t10-,11-/m1/s1. The number of ether oxygens (including phenoxy) is 1. The average molecular weight is 252 g/mol. The van der Waals surface area contributed by atoms with Crippen molar-refractivity contribution in [1.29, 1.82) is 0 Å². The Balaban J connectivity index is 2.23. The van der Waals surface area contributed by atoms with Gasteiger partial charge in [-0.1, -0.05) is 13.3 Å². The number of unbranched alkanes of at least 4 members (excludes halogenated alkanes) is 1. The first-order valence-corrected chi connectivity index (χ1v) is 7.40. The lowest BCUT2D eigenvalue weighted by molar-refractivity contribution is 0.0478. The van der Waals surface area contributed by atoms with Crippen molar-refractivity contribution in [3.05, 3.63) is 0 Å². The second kappa shape index (κ2) is 7.77. The van der Waals surface area contributed by atoms with Crippen LogP contribution >= 0.6 is 23.4 Å². The summed E-state index contributed by atoms with van der Waals surface area (Å²) in [5, 5.41) is 0. The topological polar surface area (TPSA) is 12.5 Å². The van der Waals surface area contributed by atoms with E-state index in [0.717, 1.165) is 31.3 Å². The van der Waals surface area contributed by atoms with E-state index in [2.05, 4.69) is 18.7 Å². The van der Waals surface area contributed by atoms with Gasteiger partial charge in [-0.3, -0.25) is 4.90 Å². The first-order chi connectivity index (χ1) is 7.26. The van der Waals surface area contributed by atoms with E-state index in [1.807, 2.05) is 11.8 Å². The van der Waals surface area contributed by atoms with Crippen molar-refractivity contribution in [1.82, 2.24) is 4.90 Å². The fourth-order valence-corrected chi connectivity index (χ4v) is 2.92. The number of alkyl halides is 1. The van der Waals surface area contributed by atoms with Gasteiger partial charge in [-0.25, -0.2) is 0 Å². The van der Waals surface area contributed by atoms with E-state index >= 15 is 0 Å². The third kappa shape index (κ3) is 5.43. The zero-order chi connectivity index (χ0) is 11.1. The minimum atomic E-state index is 0.374. The Hall–Kier alpha value is 0.560. The summed E-state index contributed by atoms with van der Waals surface area (Å²) in [6, 6.07) is 0. The third-order valence-corrected chi connectivity index (χ3v) is 3.91. The molecule has 15 heavy (non-hydrogen) atoms. The summed E-state index contributed by atoms with van der Waals surface area (Å²) in [5.74, 6) is 1.85. The van der Waals surface area contributed by atoms with Crippen LogP contribution < -0.4 is 0 Å². The molecule has 0 aromatic carbocycles.